The summed E-state index contributed by atoms with van der Waals surface area (Å²) in [5, 5.41) is 4.70. The van der Waals surface area contributed by atoms with Gasteiger partial charge in [-0.05, 0) is 18.2 Å². The van der Waals surface area contributed by atoms with Gasteiger partial charge in [-0.3, -0.25) is 14.6 Å². The van der Waals surface area contributed by atoms with Crippen LogP contribution in [-0.4, -0.2) is 15.9 Å². The summed E-state index contributed by atoms with van der Waals surface area (Å²) in [5.41, 5.74) is 0.870. The lowest BCUT2D eigenvalue weighted by Gasteiger charge is -2.08. The second kappa shape index (κ2) is 4.97. The lowest BCUT2D eigenvalue weighted by atomic mass is 10.1. The number of benzene rings is 1. The molecule has 98 valence electrons. The minimum absolute atomic E-state index is 0.238. The third-order valence-electron chi connectivity index (χ3n) is 2.98. The molecular weight excluding hydrogens is 254 g/mol. The molecule has 2 N–H and O–H groups in total. The maximum atomic E-state index is 12.1. The number of pyridine rings is 2. The second-order valence-corrected chi connectivity index (χ2v) is 4.30. The van der Waals surface area contributed by atoms with Crippen molar-refractivity contribution in [2.45, 2.75) is 0 Å². The van der Waals surface area contributed by atoms with Crippen molar-refractivity contribution in [3.8, 4) is 0 Å². The number of anilines is 1. The topological polar surface area (TPSA) is 74.8 Å². The molecule has 0 aliphatic rings. The number of aromatic nitrogens is 2. The van der Waals surface area contributed by atoms with Crippen LogP contribution in [0.3, 0.4) is 0 Å². The molecule has 0 spiro atoms. The second-order valence-electron chi connectivity index (χ2n) is 4.30. The standard InChI is InChI=1S/C15H11N3O2/c19-14-5-4-11(9-17-14)15(20)18-13-3-1-2-10-8-16-7-6-12(10)13/h1-9H,(H,17,19)(H,18,20). The Morgan fingerprint density at radius 2 is 2.05 bits per heavy atom. The van der Waals surface area contributed by atoms with Gasteiger partial charge in [0, 0.05) is 41.1 Å². The number of H-pyrrole nitrogens is 1. The molecule has 3 aromatic rings. The van der Waals surface area contributed by atoms with E-state index >= 15 is 0 Å². The number of nitrogens with zero attached hydrogens (tertiary/aromatic N) is 1. The van der Waals surface area contributed by atoms with Crippen molar-refractivity contribution in [1.82, 2.24) is 9.97 Å². The van der Waals surface area contributed by atoms with E-state index in [4.69, 9.17) is 0 Å². The third-order valence-corrected chi connectivity index (χ3v) is 2.98. The molecule has 0 aliphatic carbocycles. The molecule has 3 rings (SSSR count). The van der Waals surface area contributed by atoms with Crippen molar-refractivity contribution in [1.29, 1.82) is 0 Å². The number of fused-ring (bicyclic) bond motifs is 1. The summed E-state index contributed by atoms with van der Waals surface area (Å²) >= 11 is 0. The first kappa shape index (κ1) is 12.1. The Morgan fingerprint density at radius 3 is 2.85 bits per heavy atom. The van der Waals surface area contributed by atoms with Gasteiger partial charge in [-0.1, -0.05) is 12.1 Å². The molecule has 0 saturated heterocycles. The highest BCUT2D eigenvalue weighted by atomic mass is 16.1. The molecular formula is C15H11N3O2. The van der Waals surface area contributed by atoms with Gasteiger partial charge in [-0.2, -0.15) is 0 Å². The van der Waals surface area contributed by atoms with Crippen LogP contribution in [0.25, 0.3) is 10.8 Å². The Balaban J connectivity index is 1.95. The first-order valence-electron chi connectivity index (χ1n) is 6.07. The van der Waals surface area contributed by atoms with Crippen LogP contribution in [0.2, 0.25) is 0 Å². The van der Waals surface area contributed by atoms with Gasteiger partial charge in [0.1, 0.15) is 0 Å². The van der Waals surface area contributed by atoms with Gasteiger partial charge in [-0.25, -0.2) is 0 Å². The van der Waals surface area contributed by atoms with Crippen molar-refractivity contribution in [3.63, 3.8) is 0 Å². The molecule has 0 aliphatic heterocycles. The summed E-state index contributed by atoms with van der Waals surface area (Å²) in [5.74, 6) is -0.273. The Morgan fingerprint density at radius 1 is 1.15 bits per heavy atom. The van der Waals surface area contributed by atoms with Crippen molar-refractivity contribution in [2.75, 3.05) is 5.32 Å². The minimum atomic E-state index is -0.273. The van der Waals surface area contributed by atoms with Crippen molar-refractivity contribution >= 4 is 22.4 Å². The summed E-state index contributed by atoms with van der Waals surface area (Å²) < 4.78 is 0. The van der Waals surface area contributed by atoms with Crippen molar-refractivity contribution in [3.05, 3.63) is 70.9 Å². The normalized spacial score (nSPS) is 10.4. The maximum absolute atomic E-state index is 12.1. The number of amides is 1. The number of hydrogen-bond acceptors (Lipinski definition) is 3. The predicted molar refractivity (Wildman–Crippen MR) is 76.8 cm³/mol. The number of rotatable bonds is 2. The van der Waals surface area contributed by atoms with Gasteiger partial charge < -0.3 is 10.3 Å². The van der Waals surface area contributed by atoms with E-state index in [-0.39, 0.29) is 11.5 Å². The summed E-state index contributed by atoms with van der Waals surface area (Å²) in [7, 11) is 0. The van der Waals surface area contributed by atoms with Gasteiger partial charge in [0.15, 0.2) is 0 Å². The van der Waals surface area contributed by atoms with E-state index < -0.39 is 0 Å². The van der Waals surface area contributed by atoms with Gasteiger partial charge in [0.25, 0.3) is 5.91 Å². The number of carbonyl (C=O) groups is 1. The van der Waals surface area contributed by atoms with Crippen LogP contribution in [0, 0.1) is 0 Å². The molecule has 0 unspecified atom stereocenters. The zero-order chi connectivity index (χ0) is 13.9. The largest absolute Gasteiger partial charge is 0.328 e. The predicted octanol–water partition coefficient (Wildman–Crippen LogP) is 2.18. The average molecular weight is 265 g/mol. The van der Waals surface area contributed by atoms with Crippen LogP contribution < -0.4 is 10.9 Å². The molecule has 2 aromatic heterocycles. The first-order valence-corrected chi connectivity index (χ1v) is 6.07. The molecule has 2 heterocycles. The van der Waals surface area contributed by atoms with E-state index in [0.717, 1.165) is 10.8 Å². The van der Waals surface area contributed by atoms with Gasteiger partial charge in [0.2, 0.25) is 5.56 Å². The lowest BCUT2D eigenvalue weighted by Crippen LogP contribution is -2.14. The van der Waals surface area contributed by atoms with Crippen LogP contribution in [0.4, 0.5) is 5.69 Å². The van der Waals surface area contributed by atoms with Crippen LogP contribution in [0.5, 0.6) is 0 Å². The smallest absolute Gasteiger partial charge is 0.257 e. The number of nitrogens with one attached hydrogen (secondary N) is 2. The van der Waals surface area contributed by atoms with E-state index in [1.807, 2.05) is 24.3 Å². The molecule has 0 radical (unpaired) electrons. The third kappa shape index (κ3) is 2.29. The summed E-state index contributed by atoms with van der Waals surface area (Å²) in [4.78, 5) is 29.6. The number of carbonyl (C=O) groups excluding carboxylic acids is 1. The fourth-order valence-corrected chi connectivity index (χ4v) is 1.98. The van der Waals surface area contributed by atoms with E-state index in [1.54, 1.807) is 12.4 Å². The zero-order valence-electron chi connectivity index (χ0n) is 10.5. The molecule has 0 fully saturated rings. The Hall–Kier alpha value is -2.95. The van der Waals surface area contributed by atoms with Gasteiger partial charge in [-0.15, -0.1) is 0 Å². The number of hydrogen-bond donors (Lipinski definition) is 2. The summed E-state index contributed by atoms with van der Waals surface area (Å²) in [6, 6.07) is 10.3. The van der Waals surface area contributed by atoms with Crippen molar-refractivity contribution < 1.29 is 4.79 Å². The highest BCUT2D eigenvalue weighted by Crippen LogP contribution is 2.22. The van der Waals surface area contributed by atoms with Crippen LogP contribution in [0.1, 0.15) is 10.4 Å². The molecule has 5 nitrogen and oxygen atoms in total. The fraction of sp³-hybridized carbons (Fsp3) is 0. The summed E-state index contributed by atoms with van der Waals surface area (Å²) in [6.45, 7) is 0. The Kier molecular flexibility index (Phi) is 3.01. The fourth-order valence-electron chi connectivity index (χ4n) is 1.98. The van der Waals surface area contributed by atoms with E-state index in [9.17, 15) is 9.59 Å². The van der Waals surface area contributed by atoms with Crippen LogP contribution in [0.15, 0.2) is 59.8 Å². The monoisotopic (exact) mass is 265 g/mol. The van der Waals surface area contributed by atoms with E-state index in [0.29, 0.717) is 11.3 Å². The van der Waals surface area contributed by atoms with E-state index in [1.165, 1.54) is 18.3 Å². The summed E-state index contributed by atoms with van der Waals surface area (Å²) in [6.07, 6.45) is 4.81. The molecule has 0 atom stereocenters. The molecule has 1 aromatic carbocycles. The van der Waals surface area contributed by atoms with Crippen molar-refractivity contribution in [2.24, 2.45) is 0 Å². The first-order chi connectivity index (χ1) is 9.74. The highest BCUT2D eigenvalue weighted by Gasteiger charge is 2.08. The molecule has 1 amide bonds. The lowest BCUT2D eigenvalue weighted by molar-refractivity contribution is 0.102. The van der Waals surface area contributed by atoms with Crippen LogP contribution in [-0.2, 0) is 0 Å². The van der Waals surface area contributed by atoms with Gasteiger partial charge >= 0.3 is 0 Å². The average Bonchev–Trinajstić information content (AvgIpc) is 2.48. The molecule has 0 saturated carbocycles. The Bertz CT molecular complexity index is 814. The molecule has 0 bridgehead atoms. The van der Waals surface area contributed by atoms with Gasteiger partial charge in [0.05, 0.1) is 5.56 Å². The maximum Gasteiger partial charge on any atom is 0.257 e. The SMILES string of the molecule is O=C(Nc1cccc2cnccc12)c1ccc(=O)[nH]c1. The highest BCUT2D eigenvalue weighted by molar-refractivity contribution is 6.08. The van der Waals surface area contributed by atoms with E-state index in [2.05, 4.69) is 15.3 Å². The number of aromatic amines is 1. The molecule has 20 heavy (non-hydrogen) atoms. The van der Waals surface area contributed by atoms with Crippen LogP contribution >= 0.6 is 0 Å². The Labute approximate surface area is 114 Å². The molecule has 5 heteroatoms. The minimum Gasteiger partial charge on any atom is -0.328 e. The quantitative estimate of drug-likeness (QED) is 0.745. The zero-order valence-corrected chi connectivity index (χ0v) is 10.5.